The quantitative estimate of drug-likeness (QED) is 0.0360. The van der Waals surface area contributed by atoms with E-state index in [1.54, 1.807) is 5.56 Å². The molecular formula is C65H112N2Ni. The first-order valence-electron chi connectivity index (χ1n) is 29.9. The Morgan fingerprint density at radius 3 is 1.10 bits per heavy atom. The smallest absolute Gasteiger partial charge is 0.0654 e. The maximum absolute atomic E-state index is 11.7. The molecule has 2 nitrogen and oxygen atoms in total. The van der Waals surface area contributed by atoms with Gasteiger partial charge in [0, 0.05) is 22.8 Å². The zero-order chi connectivity index (χ0) is 49.5. The molecule has 0 bridgehead atoms. The average molecular weight is 980 g/mol. The number of benzene rings is 2. The second kappa shape index (κ2) is 41.6. The second-order valence-electron chi connectivity index (χ2n) is 21.1. The van der Waals surface area contributed by atoms with Crippen LogP contribution < -0.4 is 0 Å². The summed E-state index contributed by atoms with van der Waals surface area (Å²) in [4.78, 5) is 0. The standard InChI is InChI=1S/C35H50N2.2C15H31.Ni/c1-8-12-16-28-22-32(23-29(17-13-9-2)33(28)19-15-11-4)35-30(18-14-10-3)24-34(37(35)36)31-20-25(5)27(7)26(6)21-31;2*1-3-5-7-9-11-13-15-14-12-10-8-6-4-2;/h20-24H,8-19H2,1-7H3;2*1,3-15H2,2H3;. The maximum atomic E-state index is 11.7. The molecule has 0 atom stereocenters. The van der Waals surface area contributed by atoms with Crippen molar-refractivity contribution in [2.24, 2.45) is 0 Å². The Kier molecular flexibility index (Phi) is 38.0. The first-order valence-corrected chi connectivity index (χ1v) is 31.3. The Hall–Kier alpha value is -1.99. The van der Waals surface area contributed by atoms with Crippen LogP contribution in [-0.4, -0.2) is 4.70 Å². The molecular weight excluding hydrogens is 867 g/mol. The van der Waals surface area contributed by atoms with Crippen LogP contribution in [0.5, 0.6) is 0 Å². The number of unbranched alkanes of at least 4 members (excludes halogenated alkanes) is 28. The molecule has 0 spiro atoms. The van der Waals surface area contributed by atoms with Crippen molar-refractivity contribution in [1.82, 2.24) is 0 Å². The van der Waals surface area contributed by atoms with E-state index in [2.05, 4.69) is 92.7 Å². The molecule has 1 aliphatic heterocycles. The number of hydrogen-bond acceptors (Lipinski definition) is 0. The second-order valence-corrected chi connectivity index (χ2v) is 22.6. The minimum atomic E-state index is 0.910. The third-order valence-corrected chi connectivity index (χ3v) is 16.2. The molecule has 2 aromatic rings. The van der Waals surface area contributed by atoms with Crippen LogP contribution in [0, 0.1) is 20.8 Å². The van der Waals surface area contributed by atoms with Crippen LogP contribution in [0.3, 0.4) is 0 Å². The zero-order valence-electron chi connectivity index (χ0n) is 46.9. The molecule has 0 fully saturated rings. The van der Waals surface area contributed by atoms with Gasteiger partial charge in [0.15, 0.2) is 0 Å². The number of nitrogens with zero attached hydrogens (tertiary/aromatic N) is 2. The van der Waals surface area contributed by atoms with Gasteiger partial charge in [0.05, 0.1) is 0 Å². The average Bonchev–Trinajstić information content (AvgIpc) is 3.67. The van der Waals surface area contributed by atoms with Gasteiger partial charge in [-0.25, -0.2) is 4.70 Å². The molecule has 3 rings (SSSR count). The summed E-state index contributed by atoms with van der Waals surface area (Å²) in [5, 5.41) is 2.87. The zero-order valence-corrected chi connectivity index (χ0v) is 47.9. The van der Waals surface area contributed by atoms with E-state index in [-0.39, 0.29) is 0 Å². The Labute approximate surface area is 431 Å². The molecule has 3 heteroatoms. The predicted octanol–water partition coefficient (Wildman–Crippen LogP) is 22.7. The molecule has 0 aliphatic carbocycles. The van der Waals surface area contributed by atoms with E-state index in [0.29, 0.717) is 0 Å². The monoisotopic (exact) mass is 979 g/mol. The van der Waals surface area contributed by atoms with Gasteiger partial charge < -0.3 is 5.53 Å². The topological polar surface area (TPSA) is 25.3 Å². The molecule has 68 heavy (non-hydrogen) atoms. The third kappa shape index (κ3) is 26.5. The van der Waals surface area contributed by atoms with E-state index in [4.69, 9.17) is 0 Å². The van der Waals surface area contributed by atoms with Gasteiger partial charge in [-0.3, -0.25) is 0 Å². The molecule has 0 amide bonds. The van der Waals surface area contributed by atoms with Crippen LogP contribution >= 0.6 is 0 Å². The summed E-state index contributed by atoms with van der Waals surface area (Å²) in [6.07, 6.45) is 54.5. The van der Waals surface area contributed by atoms with Crippen LogP contribution in [0.15, 0.2) is 35.9 Å². The number of rotatable bonds is 42. The fraction of sp³-hybridized carbons (Fsp3) is 0.754. The van der Waals surface area contributed by atoms with Gasteiger partial charge in [-0.2, -0.15) is 0 Å². The fourth-order valence-corrected chi connectivity index (χ4v) is 11.3. The van der Waals surface area contributed by atoms with Crippen LogP contribution in [0.1, 0.15) is 311 Å². The van der Waals surface area contributed by atoms with Crippen molar-refractivity contribution in [1.29, 1.82) is 0 Å². The van der Waals surface area contributed by atoms with E-state index >= 15 is 0 Å². The molecule has 0 N–H and O–H groups in total. The summed E-state index contributed by atoms with van der Waals surface area (Å²) in [7, 11) is 0. The van der Waals surface area contributed by atoms with Crippen LogP contribution in [-0.2, 0) is 33.7 Å². The van der Waals surface area contributed by atoms with Crippen molar-refractivity contribution in [2.75, 3.05) is 0 Å². The van der Waals surface area contributed by atoms with Gasteiger partial charge in [-0.1, -0.05) is 92.9 Å². The summed E-state index contributed by atoms with van der Waals surface area (Å²) >= 11 is 2.04. The summed E-state index contributed by atoms with van der Waals surface area (Å²) in [5.41, 5.74) is 25.7. The molecule has 0 radical (unpaired) electrons. The van der Waals surface area contributed by atoms with Gasteiger partial charge in [0.1, 0.15) is 0 Å². The minimum absolute atomic E-state index is 0.910. The molecule has 1 heterocycles. The third-order valence-electron chi connectivity index (χ3n) is 14.8. The van der Waals surface area contributed by atoms with Crippen molar-refractivity contribution in [3.8, 4) is 0 Å². The normalized spacial score (nSPS) is 12.7. The first kappa shape index (κ1) is 62.1. The molecule has 0 unspecified atom stereocenters. The van der Waals surface area contributed by atoms with Crippen LogP contribution in [0.4, 0.5) is 0 Å². The summed E-state index contributed by atoms with van der Waals surface area (Å²) in [6, 6.07) is 9.29. The molecule has 0 saturated carbocycles. The van der Waals surface area contributed by atoms with Gasteiger partial charge in [-0.15, -0.1) is 0 Å². The van der Waals surface area contributed by atoms with E-state index in [9.17, 15) is 5.53 Å². The Balaban J connectivity index is 0.000000476. The van der Waals surface area contributed by atoms with Crippen LogP contribution in [0.2, 0.25) is 10.8 Å². The molecule has 2 aromatic carbocycles. The van der Waals surface area contributed by atoms with E-state index < -0.39 is 0 Å². The van der Waals surface area contributed by atoms with Gasteiger partial charge in [0.25, 0.3) is 0 Å². The molecule has 0 saturated heterocycles. The van der Waals surface area contributed by atoms with E-state index in [1.807, 2.05) is 14.4 Å². The number of aryl methyl sites for hydroxylation is 4. The van der Waals surface area contributed by atoms with Crippen molar-refractivity contribution >= 4 is 11.4 Å². The van der Waals surface area contributed by atoms with Crippen molar-refractivity contribution in [3.05, 3.63) is 86.0 Å². The van der Waals surface area contributed by atoms with Crippen molar-refractivity contribution in [3.63, 3.8) is 0 Å². The summed E-state index contributed by atoms with van der Waals surface area (Å²) in [5.74, 6) is 0. The summed E-state index contributed by atoms with van der Waals surface area (Å²) < 4.78 is 1.50. The van der Waals surface area contributed by atoms with Gasteiger partial charge in [-0.05, 0) is 130 Å². The van der Waals surface area contributed by atoms with E-state index in [1.165, 1.54) is 266 Å². The first-order chi connectivity index (χ1) is 33.3. The fourth-order valence-electron chi connectivity index (χ4n) is 10.0. The Morgan fingerprint density at radius 2 is 0.721 bits per heavy atom. The van der Waals surface area contributed by atoms with Crippen molar-refractivity contribution in [2.45, 2.75) is 317 Å². The Morgan fingerprint density at radius 1 is 0.382 bits per heavy atom. The molecule has 0 aromatic heterocycles. The van der Waals surface area contributed by atoms with E-state index in [0.717, 1.165) is 49.1 Å². The van der Waals surface area contributed by atoms with Gasteiger partial charge >= 0.3 is 166 Å². The predicted molar refractivity (Wildman–Crippen MR) is 302 cm³/mol. The number of hydrogen-bond donors (Lipinski definition) is 0. The SMILES string of the molecule is CCCCC1=C(c2cc(CCCC)c(CCCC)c(CCCC)c2)[N+](=[N-])C(c2cc(C)c(C)c(C)c2)=C1.CCCCCCCCCCCCCC[CH2][Ni][CH2]CCCCCCCCCCCCCC. The molecule has 392 valence electrons. The minimum Gasteiger partial charge on any atom is -0.0654 e. The van der Waals surface area contributed by atoms with Gasteiger partial charge in [0.2, 0.25) is 11.4 Å². The van der Waals surface area contributed by atoms with Crippen LogP contribution in [0.25, 0.3) is 16.9 Å². The summed E-state index contributed by atoms with van der Waals surface area (Å²) in [6.45, 7) is 20.2. The van der Waals surface area contributed by atoms with Crippen molar-refractivity contribution < 1.29 is 19.1 Å². The molecule has 1 aliphatic rings. The number of allylic oxidation sites excluding steroid dienone is 2. The Bertz CT molecular complexity index is 1570.